The van der Waals surface area contributed by atoms with Crippen LogP contribution in [-0.4, -0.2) is 0 Å². The van der Waals surface area contributed by atoms with Gasteiger partial charge < -0.3 is 11.6 Å². The lowest BCUT2D eigenvalue weighted by Crippen LogP contribution is -1.89. The van der Waals surface area contributed by atoms with E-state index >= 15 is 0 Å². The Hall–Kier alpha value is -1.06. The predicted molar refractivity (Wildman–Crippen MR) is 22.4 cm³/mol. The molecule has 0 heterocycles. The van der Waals surface area contributed by atoms with Crippen LogP contribution in [-0.2, 0) is 0 Å². The third-order valence-electron chi connectivity index (χ3n) is 0.186. The zero-order chi connectivity index (χ0) is 4.99. The molecule has 0 fully saturated rings. The molecule has 0 aliphatic rings. The molecule has 0 aliphatic carbocycles. The van der Waals surface area contributed by atoms with Gasteiger partial charge in [0.05, 0.1) is 0 Å². The Balaban J connectivity index is 3.30. The lowest BCUT2D eigenvalue weighted by atomic mass is 10.9. The molecule has 6 heavy (non-hydrogen) atoms. The molecule has 0 amide bonds. The Morgan fingerprint density at radius 3 is 2.17 bits per heavy atom. The molecular weight excluding hydrogens is 80.0 g/mol. The molecular formula is C2H6N4. The van der Waals surface area contributed by atoms with Gasteiger partial charge in [-0.25, -0.2) is 0 Å². The van der Waals surface area contributed by atoms with Crippen molar-refractivity contribution in [3.63, 3.8) is 0 Å². The molecule has 0 saturated heterocycles. The molecule has 0 unspecified atom stereocenters. The summed E-state index contributed by atoms with van der Waals surface area (Å²) in [6, 6.07) is 0. The summed E-state index contributed by atoms with van der Waals surface area (Å²) in [4.78, 5) is 0. The first-order valence-corrected chi connectivity index (χ1v) is 1.32. The van der Waals surface area contributed by atoms with Crippen LogP contribution in [0.4, 0.5) is 0 Å². The van der Waals surface area contributed by atoms with Gasteiger partial charge in [-0.15, -0.1) is 5.11 Å². The molecule has 0 spiro atoms. The van der Waals surface area contributed by atoms with E-state index in [1.54, 1.807) is 0 Å². The molecule has 0 aromatic heterocycles. The number of hydrogen-bond acceptors (Lipinski definition) is 3. The van der Waals surface area contributed by atoms with Crippen molar-refractivity contribution in [2.75, 3.05) is 0 Å². The summed E-state index contributed by atoms with van der Waals surface area (Å²) in [7, 11) is 0. The molecule has 0 rings (SSSR count). The number of nitrogens with zero attached hydrogens (tertiary/aromatic N) is 2. The molecule has 0 atom stereocenters. The van der Waals surface area contributed by atoms with Crippen LogP contribution in [0, 0.1) is 0 Å². The summed E-state index contributed by atoms with van der Waals surface area (Å²) in [6.45, 7) is 3.18. The van der Waals surface area contributed by atoms with Gasteiger partial charge in [0.2, 0.25) is 0 Å². The highest BCUT2D eigenvalue weighted by Gasteiger charge is 1.66. The van der Waals surface area contributed by atoms with E-state index in [1.165, 1.54) is 0 Å². The van der Waals surface area contributed by atoms with Crippen LogP contribution in [0.1, 0.15) is 0 Å². The van der Waals surface area contributed by atoms with Crippen molar-refractivity contribution in [1.82, 2.24) is 0 Å². The smallest absolute Gasteiger partial charge is 0.140 e. The topological polar surface area (TPSA) is 76.8 Å². The zero-order valence-corrected chi connectivity index (χ0v) is 3.26. The van der Waals surface area contributed by atoms with Gasteiger partial charge in [0.25, 0.3) is 0 Å². The highest BCUT2D eigenvalue weighted by atomic mass is 15.3. The Morgan fingerprint density at radius 1 is 1.67 bits per heavy atom. The predicted octanol–water partition coefficient (Wildman–Crippen LogP) is -0.258. The van der Waals surface area contributed by atoms with E-state index in [4.69, 9.17) is 5.73 Å². The highest BCUT2D eigenvalue weighted by molar-refractivity contribution is 4.78. The van der Waals surface area contributed by atoms with E-state index in [-0.39, 0.29) is 5.82 Å². The van der Waals surface area contributed by atoms with Crippen LogP contribution in [0.25, 0.3) is 0 Å². The minimum atomic E-state index is 0.123. The maximum atomic E-state index is 4.87. The van der Waals surface area contributed by atoms with Crippen LogP contribution < -0.4 is 11.6 Å². The zero-order valence-electron chi connectivity index (χ0n) is 3.26. The van der Waals surface area contributed by atoms with Crippen molar-refractivity contribution in [2.24, 2.45) is 21.9 Å². The summed E-state index contributed by atoms with van der Waals surface area (Å²) in [6.07, 6.45) is 0. The first-order chi connectivity index (χ1) is 2.77. The summed E-state index contributed by atoms with van der Waals surface area (Å²) >= 11 is 0. The molecule has 0 radical (unpaired) electrons. The SMILES string of the molecule is C=C(N)/N=N\N. The van der Waals surface area contributed by atoms with Crippen molar-refractivity contribution in [1.29, 1.82) is 0 Å². The van der Waals surface area contributed by atoms with Crippen molar-refractivity contribution >= 4 is 0 Å². The third kappa shape index (κ3) is 2.94. The summed E-state index contributed by atoms with van der Waals surface area (Å²) in [5.41, 5.74) is 4.87. The average Bonchev–Trinajstić information content (AvgIpc) is 1.35. The van der Waals surface area contributed by atoms with Crippen LogP contribution >= 0.6 is 0 Å². The second-order valence-corrected chi connectivity index (χ2v) is 0.707. The molecule has 0 aromatic rings. The number of rotatable bonds is 1. The van der Waals surface area contributed by atoms with Crippen molar-refractivity contribution in [3.8, 4) is 0 Å². The van der Waals surface area contributed by atoms with Gasteiger partial charge in [-0.05, 0) is 0 Å². The van der Waals surface area contributed by atoms with Gasteiger partial charge in [-0.1, -0.05) is 11.8 Å². The van der Waals surface area contributed by atoms with Crippen LogP contribution in [0.3, 0.4) is 0 Å². The second kappa shape index (κ2) is 2.19. The molecule has 0 bridgehead atoms. The molecule has 4 N–H and O–H groups in total. The molecule has 4 heteroatoms. The molecule has 4 nitrogen and oxygen atoms in total. The van der Waals surface area contributed by atoms with Gasteiger partial charge in [-0.3, -0.25) is 0 Å². The number of nitrogens with two attached hydrogens (primary N) is 2. The Morgan fingerprint density at radius 2 is 2.17 bits per heavy atom. The molecule has 0 saturated carbocycles. The molecule has 34 valence electrons. The largest absolute Gasteiger partial charge is 0.383 e. The van der Waals surface area contributed by atoms with Crippen LogP contribution in [0.5, 0.6) is 0 Å². The first-order valence-electron chi connectivity index (χ1n) is 1.32. The first kappa shape index (κ1) is 4.94. The van der Waals surface area contributed by atoms with E-state index in [1.807, 2.05) is 0 Å². The van der Waals surface area contributed by atoms with Crippen molar-refractivity contribution in [2.45, 2.75) is 0 Å². The summed E-state index contributed by atoms with van der Waals surface area (Å²) in [5.74, 6) is 4.67. The van der Waals surface area contributed by atoms with E-state index < -0.39 is 0 Å². The minimum Gasteiger partial charge on any atom is -0.383 e. The van der Waals surface area contributed by atoms with Crippen molar-refractivity contribution in [3.05, 3.63) is 12.4 Å². The Bertz CT molecular complexity index is 73.6. The van der Waals surface area contributed by atoms with E-state index in [0.29, 0.717) is 0 Å². The van der Waals surface area contributed by atoms with E-state index in [0.717, 1.165) is 0 Å². The summed E-state index contributed by atoms with van der Waals surface area (Å²) in [5, 5.41) is 5.95. The van der Waals surface area contributed by atoms with Crippen LogP contribution in [0.2, 0.25) is 0 Å². The Labute approximate surface area is 35.5 Å². The van der Waals surface area contributed by atoms with Gasteiger partial charge in [0.1, 0.15) is 5.82 Å². The maximum absolute atomic E-state index is 4.87. The number of hydrogen-bond donors (Lipinski definition) is 2. The third-order valence-corrected chi connectivity index (χ3v) is 0.186. The fraction of sp³-hybridized carbons (Fsp3) is 0. The summed E-state index contributed by atoms with van der Waals surface area (Å²) < 4.78 is 0. The second-order valence-electron chi connectivity index (χ2n) is 0.707. The fourth-order valence-corrected chi connectivity index (χ4v) is 0.0742. The average molecular weight is 86.1 g/mol. The monoisotopic (exact) mass is 86.1 g/mol. The quantitative estimate of drug-likeness (QED) is 0.262. The van der Waals surface area contributed by atoms with E-state index in [9.17, 15) is 0 Å². The van der Waals surface area contributed by atoms with Crippen LogP contribution in [0.15, 0.2) is 22.7 Å². The van der Waals surface area contributed by atoms with Gasteiger partial charge in [-0.2, -0.15) is 0 Å². The highest BCUT2D eigenvalue weighted by Crippen LogP contribution is 1.73. The van der Waals surface area contributed by atoms with Crippen molar-refractivity contribution < 1.29 is 0 Å². The Kier molecular flexibility index (Phi) is 1.81. The van der Waals surface area contributed by atoms with Gasteiger partial charge in [0.15, 0.2) is 0 Å². The fourth-order valence-electron chi connectivity index (χ4n) is 0.0742. The maximum Gasteiger partial charge on any atom is 0.140 e. The van der Waals surface area contributed by atoms with E-state index in [2.05, 4.69) is 22.8 Å². The molecule has 0 aromatic carbocycles. The lowest BCUT2D eigenvalue weighted by molar-refractivity contribution is 0.997. The normalized spacial score (nSPS) is 9.33. The molecule has 0 aliphatic heterocycles. The minimum absolute atomic E-state index is 0.123. The lowest BCUT2D eigenvalue weighted by Gasteiger charge is -1.76. The van der Waals surface area contributed by atoms with Gasteiger partial charge in [0, 0.05) is 0 Å². The standard InChI is InChI=1S/C2H6N4/c1-2(3)5-6-4/h1,3H2,(H2,4,5). The van der Waals surface area contributed by atoms with Gasteiger partial charge >= 0.3 is 0 Å².